The number of hydrogen-bond acceptors (Lipinski definition) is 7. The van der Waals surface area contributed by atoms with Crippen molar-refractivity contribution >= 4 is 5.91 Å². The van der Waals surface area contributed by atoms with Crippen LogP contribution < -0.4 is 5.73 Å². The number of nitrogens with zero attached hydrogens (tertiary/aromatic N) is 3. The molecular formula is C19H20N4O4. The van der Waals surface area contributed by atoms with Crippen molar-refractivity contribution in [3.05, 3.63) is 53.4 Å². The second-order valence-electron chi connectivity index (χ2n) is 6.74. The highest BCUT2D eigenvalue weighted by Crippen LogP contribution is 2.44. The molecule has 1 aliphatic rings. The van der Waals surface area contributed by atoms with Crippen LogP contribution in [0.4, 0.5) is 0 Å². The zero-order chi connectivity index (χ0) is 18.8. The maximum atomic E-state index is 11.9. The van der Waals surface area contributed by atoms with Gasteiger partial charge >= 0.3 is 0 Å². The molecule has 1 saturated carbocycles. The van der Waals surface area contributed by atoms with Crippen molar-refractivity contribution in [2.45, 2.75) is 44.1 Å². The van der Waals surface area contributed by atoms with Crippen molar-refractivity contribution in [2.24, 2.45) is 5.73 Å². The molecule has 1 amide bonds. The molecule has 0 atom stereocenters. The average Bonchev–Trinajstić information content (AvgIpc) is 3.36. The molecular weight excluding hydrogens is 348 g/mol. The minimum absolute atomic E-state index is 0.116. The van der Waals surface area contributed by atoms with Gasteiger partial charge in [-0.1, -0.05) is 35.5 Å². The molecule has 1 aliphatic carbocycles. The number of primary amides is 1. The van der Waals surface area contributed by atoms with Gasteiger partial charge in [0, 0.05) is 17.0 Å². The number of benzene rings is 1. The first-order chi connectivity index (χ1) is 13.2. The Kier molecular flexibility index (Phi) is 4.72. The molecule has 0 saturated heterocycles. The summed E-state index contributed by atoms with van der Waals surface area (Å²) in [5.74, 6) is 1.07. The Hall–Kier alpha value is -3.00. The summed E-state index contributed by atoms with van der Waals surface area (Å²) in [5.41, 5.74) is 7.40. The molecule has 8 heteroatoms. The summed E-state index contributed by atoms with van der Waals surface area (Å²) in [4.78, 5) is 11.9. The fourth-order valence-corrected chi connectivity index (χ4v) is 3.78. The Morgan fingerprint density at radius 3 is 2.44 bits per heavy atom. The average molecular weight is 368 g/mol. The molecule has 0 unspecified atom stereocenters. The van der Waals surface area contributed by atoms with E-state index in [9.17, 15) is 4.79 Å². The van der Waals surface area contributed by atoms with Gasteiger partial charge in [-0.3, -0.25) is 4.79 Å². The van der Waals surface area contributed by atoms with Gasteiger partial charge in [0.1, 0.15) is 6.61 Å². The van der Waals surface area contributed by atoms with Gasteiger partial charge in [-0.25, -0.2) is 0 Å². The first-order valence-corrected chi connectivity index (χ1v) is 8.95. The fraction of sp³-hybridized carbons (Fsp3) is 0.368. The largest absolute Gasteiger partial charge is 0.422 e. The summed E-state index contributed by atoms with van der Waals surface area (Å²) in [6, 6.07) is 9.60. The summed E-state index contributed by atoms with van der Waals surface area (Å²) in [6.07, 6.45) is 3.30. The Bertz CT molecular complexity index is 926. The molecule has 2 heterocycles. The van der Waals surface area contributed by atoms with Crippen LogP contribution in [-0.4, -0.2) is 26.4 Å². The first-order valence-electron chi connectivity index (χ1n) is 8.95. The summed E-state index contributed by atoms with van der Waals surface area (Å²) < 4.78 is 11.0. The van der Waals surface area contributed by atoms with Crippen molar-refractivity contribution < 1.29 is 18.8 Å². The smallest absolute Gasteiger partial charge is 0.271 e. The highest BCUT2D eigenvalue weighted by atomic mass is 16.5. The number of aliphatic hydroxyl groups is 1. The molecule has 4 rings (SSSR count). The molecule has 1 aromatic carbocycles. The van der Waals surface area contributed by atoms with Gasteiger partial charge in [-0.2, -0.15) is 0 Å². The molecule has 0 bridgehead atoms. The predicted molar refractivity (Wildman–Crippen MR) is 94.6 cm³/mol. The van der Waals surface area contributed by atoms with Crippen molar-refractivity contribution in [3.63, 3.8) is 0 Å². The maximum absolute atomic E-state index is 11.9. The van der Waals surface area contributed by atoms with Gasteiger partial charge in [0.25, 0.3) is 5.91 Å². The molecule has 0 radical (unpaired) electrons. The van der Waals surface area contributed by atoms with E-state index in [0.29, 0.717) is 11.7 Å². The van der Waals surface area contributed by atoms with Gasteiger partial charge in [0.05, 0.1) is 0 Å². The third kappa shape index (κ3) is 3.35. The second-order valence-corrected chi connectivity index (χ2v) is 6.74. The van der Waals surface area contributed by atoms with Crippen molar-refractivity contribution in [1.29, 1.82) is 0 Å². The van der Waals surface area contributed by atoms with Crippen molar-refractivity contribution in [3.8, 4) is 11.3 Å². The summed E-state index contributed by atoms with van der Waals surface area (Å²) in [5, 5.41) is 20.9. The molecule has 0 aliphatic heterocycles. The first kappa shape index (κ1) is 17.4. The minimum Gasteiger partial charge on any atom is -0.422 e. The lowest BCUT2D eigenvalue weighted by molar-refractivity contribution is 0.0990. The van der Waals surface area contributed by atoms with E-state index >= 15 is 0 Å². The van der Waals surface area contributed by atoms with E-state index in [1.807, 2.05) is 30.3 Å². The lowest BCUT2D eigenvalue weighted by Crippen LogP contribution is -2.18. The van der Waals surface area contributed by atoms with Crippen LogP contribution in [-0.2, 0) is 6.61 Å². The number of hydrogen-bond donors (Lipinski definition) is 2. The highest BCUT2D eigenvalue weighted by molar-refractivity contribution is 5.94. The molecule has 0 spiro atoms. The number of rotatable bonds is 5. The Morgan fingerprint density at radius 1 is 1.11 bits per heavy atom. The second kappa shape index (κ2) is 7.32. The lowest BCUT2D eigenvalue weighted by atomic mass is 9.77. The number of nitrogens with two attached hydrogens (primary N) is 1. The fourth-order valence-electron chi connectivity index (χ4n) is 3.78. The number of amides is 1. The van der Waals surface area contributed by atoms with Crippen LogP contribution in [0, 0.1) is 0 Å². The van der Waals surface area contributed by atoms with Crippen LogP contribution in [0.2, 0.25) is 0 Å². The monoisotopic (exact) mass is 368 g/mol. The Morgan fingerprint density at radius 2 is 1.81 bits per heavy atom. The Labute approximate surface area is 155 Å². The van der Waals surface area contributed by atoms with Crippen molar-refractivity contribution in [1.82, 2.24) is 15.4 Å². The molecule has 8 nitrogen and oxygen atoms in total. The zero-order valence-electron chi connectivity index (χ0n) is 14.7. The minimum atomic E-state index is -0.581. The van der Waals surface area contributed by atoms with Crippen LogP contribution >= 0.6 is 0 Å². The SMILES string of the molecule is NC(=O)c1noc(-c2ccccc2)c1C1CCC(c2nnc(CO)o2)CC1. The number of carbonyl (C=O) groups excluding carboxylic acids is 1. The van der Waals surface area contributed by atoms with Crippen LogP contribution in [0.5, 0.6) is 0 Å². The zero-order valence-corrected chi connectivity index (χ0v) is 14.7. The van der Waals surface area contributed by atoms with Crippen LogP contribution in [0.15, 0.2) is 39.3 Å². The number of carbonyl (C=O) groups is 1. The van der Waals surface area contributed by atoms with E-state index < -0.39 is 5.91 Å². The molecule has 1 fully saturated rings. The standard InChI is InChI=1S/C19H20N4O4/c20-18(25)16-15(17(27-23-16)12-4-2-1-3-5-12)11-6-8-13(9-7-11)19-22-21-14(10-24)26-19/h1-5,11,13,24H,6-10H2,(H2,20,25). The third-order valence-corrected chi connectivity index (χ3v) is 5.10. The van der Waals surface area contributed by atoms with E-state index in [4.69, 9.17) is 19.8 Å². The van der Waals surface area contributed by atoms with E-state index in [1.165, 1.54) is 0 Å². The van der Waals surface area contributed by atoms with Gasteiger partial charge in [0.2, 0.25) is 11.8 Å². The van der Waals surface area contributed by atoms with Crippen molar-refractivity contribution in [2.75, 3.05) is 0 Å². The number of aliphatic hydroxyl groups excluding tert-OH is 1. The molecule has 27 heavy (non-hydrogen) atoms. The summed E-state index contributed by atoms with van der Waals surface area (Å²) in [6.45, 7) is -0.258. The summed E-state index contributed by atoms with van der Waals surface area (Å²) in [7, 11) is 0. The predicted octanol–water partition coefficient (Wildman–Crippen LogP) is 2.76. The van der Waals surface area contributed by atoms with Crippen LogP contribution in [0.1, 0.15) is 65.4 Å². The van der Waals surface area contributed by atoms with Gasteiger partial charge in [-0.05, 0) is 31.6 Å². The molecule has 3 aromatic rings. The number of aromatic nitrogens is 3. The van der Waals surface area contributed by atoms with E-state index in [0.717, 1.165) is 36.8 Å². The van der Waals surface area contributed by atoms with Crippen LogP contribution in [0.25, 0.3) is 11.3 Å². The van der Waals surface area contributed by atoms with Gasteiger partial charge in [-0.15, -0.1) is 10.2 Å². The lowest BCUT2D eigenvalue weighted by Gasteiger charge is -2.26. The highest BCUT2D eigenvalue weighted by Gasteiger charge is 2.33. The maximum Gasteiger partial charge on any atom is 0.271 e. The molecule has 140 valence electrons. The third-order valence-electron chi connectivity index (χ3n) is 5.10. The van der Waals surface area contributed by atoms with Gasteiger partial charge in [0.15, 0.2) is 11.5 Å². The van der Waals surface area contributed by atoms with E-state index in [1.54, 1.807) is 0 Å². The van der Waals surface area contributed by atoms with E-state index in [-0.39, 0.29) is 30.0 Å². The van der Waals surface area contributed by atoms with E-state index in [2.05, 4.69) is 15.4 Å². The Balaban J connectivity index is 1.59. The molecule has 3 N–H and O–H groups in total. The normalized spacial score (nSPS) is 19.9. The van der Waals surface area contributed by atoms with Crippen LogP contribution in [0.3, 0.4) is 0 Å². The quantitative estimate of drug-likeness (QED) is 0.708. The van der Waals surface area contributed by atoms with Gasteiger partial charge < -0.3 is 19.8 Å². The topological polar surface area (TPSA) is 128 Å². The summed E-state index contributed by atoms with van der Waals surface area (Å²) >= 11 is 0. The molecule has 2 aromatic heterocycles.